The number of aliphatic hydroxyl groups excluding tert-OH is 1. The van der Waals surface area contributed by atoms with Gasteiger partial charge in [-0.3, -0.25) is 19.3 Å². The lowest BCUT2D eigenvalue weighted by molar-refractivity contribution is -0.140. The van der Waals surface area contributed by atoms with Gasteiger partial charge in [-0.15, -0.1) is 10.2 Å². The van der Waals surface area contributed by atoms with E-state index in [9.17, 15) is 19.5 Å². The Balaban J connectivity index is 1.83. The number of nitrogens with one attached hydrogen (secondary N) is 1. The molecule has 162 valence electrons. The molecule has 1 aromatic heterocycles. The van der Waals surface area contributed by atoms with Crippen molar-refractivity contribution in [3.8, 4) is 0 Å². The van der Waals surface area contributed by atoms with Gasteiger partial charge in [-0.05, 0) is 26.0 Å². The van der Waals surface area contributed by atoms with Crippen LogP contribution < -0.4 is 10.2 Å². The standard InChI is InChI=1S/C20H20N4O6S/c1-10(25)22-12-6-4-5-11(7-12)16(26)14-15(13-8-29-20(2,3)30-13)24(18(28)17(14)27)19-23-21-9-31-19/h4-7,9,13,15,26H,8H2,1-3H3,(H,22,25)/b16-14+. The SMILES string of the molecule is CC(=O)Nc1cccc(/C(O)=C2\C(=O)C(=O)N(c3nncs3)C2C2COC(C)(C)O2)c1. The molecule has 2 amide bonds. The van der Waals surface area contributed by atoms with Crippen LogP contribution in [0, 0.1) is 0 Å². The van der Waals surface area contributed by atoms with Crippen molar-refractivity contribution in [1.82, 2.24) is 10.2 Å². The smallest absolute Gasteiger partial charge is 0.301 e. The molecular weight excluding hydrogens is 424 g/mol. The summed E-state index contributed by atoms with van der Waals surface area (Å²) in [4.78, 5) is 38.5. The number of hydrogen-bond acceptors (Lipinski definition) is 9. The van der Waals surface area contributed by atoms with E-state index >= 15 is 0 Å². The van der Waals surface area contributed by atoms with Gasteiger partial charge in [0.15, 0.2) is 5.79 Å². The maximum absolute atomic E-state index is 13.0. The molecule has 0 saturated carbocycles. The summed E-state index contributed by atoms with van der Waals surface area (Å²) in [6.45, 7) is 4.91. The predicted molar refractivity (Wildman–Crippen MR) is 111 cm³/mol. The molecule has 11 heteroatoms. The molecule has 0 spiro atoms. The summed E-state index contributed by atoms with van der Waals surface area (Å²) >= 11 is 1.09. The highest BCUT2D eigenvalue weighted by atomic mass is 32.1. The monoisotopic (exact) mass is 444 g/mol. The van der Waals surface area contributed by atoms with Crippen LogP contribution in [0.15, 0.2) is 35.3 Å². The first kappa shape index (κ1) is 21.1. The minimum Gasteiger partial charge on any atom is -0.507 e. The van der Waals surface area contributed by atoms with Gasteiger partial charge >= 0.3 is 5.91 Å². The molecule has 2 unspecified atom stereocenters. The Hall–Kier alpha value is -3.15. The molecule has 2 saturated heterocycles. The van der Waals surface area contributed by atoms with Gasteiger partial charge in [0.25, 0.3) is 5.78 Å². The van der Waals surface area contributed by atoms with Gasteiger partial charge in [-0.1, -0.05) is 23.5 Å². The number of anilines is 2. The second-order valence-corrected chi connectivity index (χ2v) is 8.37. The lowest BCUT2D eigenvalue weighted by atomic mass is 9.97. The Kier molecular flexibility index (Phi) is 5.33. The van der Waals surface area contributed by atoms with E-state index in [1.54, 1.807) is 32.0 Å². The third-order valence-corrected chi connectivity index (χ3v) is 5.57. The molecular formula is C20H20N4O6S. The van der Waals surface area contributed by atoms with Crippen LogP contribution in [0.1, 0.15) is 26.3 Å². The molecule has 2 aliphatic rings. The number of benzene rings is 1. The van der Waals surface area contributed by atoms with Crippen LogP contribution in [0.2, 0.25) is 0 Å². The van der Waals surface area contributed by atoms with E-state index in [4.69, 9.17) is 9.47 Å². The zero-order valence-electron chi connectivity index (χ0n) is 17.0. The van der Waals surface area contributed by atoms with Gasteiger partial charge in [-0.2, -0.15) is 0 Å². The summed E-state index contributed by atoms with van der Waals surface area (Å²) in [5.41, 5.74) is 2.03. The maximum Gasteiger partial charge on any atom is 0.301 e. The second kappa shape index (κ2) is 7.84. The van der Waals surface area contributed by atoms with Crippen LogP contribution in [0.3, 0.4) is 0 Å². The molecule has 2 fully saturated rings. The van der Waals surface area contributed by atoms with Gasteiger partial charge < -0.3 is 19.9 Å². The zero-order chi connectivity index (χ0) is 22.3. The Morgan fingerprint density at radius 1 is 1.35 bits per heavy atom. The van der Waals surface area contributed by atoms with Crippen molar-refractivity contribution in [2.45, 2.75) is 38.7 Å². The molecule has 2 aromatic rings. The van der Waals surface area contributed by atoms with Crippen molar-refractivity contribution in [3.63, 3.8) is 0 Å². The fourth-order valence-corrected chi connectivity index (χ4v) is 4.26. The third-order valence-electron chi connectivity index (χ3n) is 4.88. The minimum atomic E-state index is -0.959. The van der Waals surface area contributed by atoms with Crippen LogP contribution in [0.25, 0.3) is 5.76 Å². The van der Waals surface area contributed by atoms with Crippen molar-refractivity contribution in [3.05, 3.63) is 40.9 Å². The normalized spacial score (nSPS) is 24.5. The molecule has 2 aliphatic heterocycles. The number of aliphatic hydroxyl groups is 1. The van der Waals surface area contributed by atoms with Crippen molar-refractivity contribution >= 4 is 45.5 Å². The lowest BCUT2D eigenvalue weighted by Gasteiger charge is -2.27. The summed E-state index contributed by atoms with van der Waals surface area (Å²) in [6.07, 6.45) is -0.718. The van der Waals surface area contributed by atoms with E-state index < -0.39 is 29.6 Å². The van der Waals surface area contributed by atoms with Gasteiger partial charge in [-0.25, -0.2) is 0 Å². The van der Waals surface area contributed by atoms with E-state index in [2.05, 4.69) is 15.5 Å². The number of hydrogen-bond donors (Lipinski definition) is 2. The largest absolute Gasteiger partial charge is 0.507 e. The van der Waals surface area contributed by atoms with E-state index in [1.807, 2.05) is 0 Å². The van der Waals surface area contributed by atoms with Crippen molar-refractivity contribution in [1.29, 1.82) is 0 Å². The first-order valence-corrected chi connectivity index (χ1v) is 10.3. The second-order valence-electron chi connectivity index (χ2n) is 7.56. The van der Waals surface area contributed by atoms with Gasteiger partial charge in [0.1, 0.15) is 23.4 Å². The molecule has 1 aromatic carbocycles. The van der Waals surface area contributed by atoms with E-state index in [-0.39, 0.29) is 34.5 Å². The number of carbonyl (C=O) groups excluding carboxylic acids is 3. The number of Topliss-reactive ketones (excluding diaryl/α,β-unsaturated/α-hetero) is 1. The van der Waals surface area contributed by atoms with Crippen LogP contribution in [-0.2, 0) is 23.9 Å². The topological polar surface area (TPSA) is 131 Å². The summed E-state index contributed by atoms with van der Waals surface area (Å²) in [6, 6.07) is 5.40. The average molecular weight is 444 g/mol. The highest BCUT2D eigenvalue weighted by Crippen LogP contribution is 2.39. The molecule has 31 heavy (non-hydrogen) atoms. The number of rotatable bonds is 4. The molecule has 3 heterocycles. The molecule has 2 N–H and O–H groups in total. The van der Waals surface area contributed by atoms with Gasteiger partial charge in [0.05, 0.1) is 12.2 Å². The minimum absolute atomic E-state index is 0.107. The number of aromatic nitrogens is 2. The fourth-order valence-electron chi connectivity index (χ4n) is 3.67. The molecule has 10 nitrogen and oxygen atoms in total. The number of carbonyl (C=O) groups is 3. The molecule has 0 bridgehead atoms. The Morgan fingerprint density at radius 2 is 2.13 bits per heavy atom. The number of amides is 2. The maximum atomic E-state index is 13.0. The van der Waals surface area contributed by atoms with Crippen molar-refractivity contribution in [2.75, 3.05) is 16.8 Å². The first-order valence-electron chi connectivity index (χ1n) is 9.45. The highest BCUT2D eigenvalue weighted by Gasteiger charge is 2.54. The summed E-state index contributed by atoms with van der Waals surface area (Å²) in [7, 11) is 0. The lowest BCUT2D eigenvalue weighted by Crippen LogP contribution is -2.44. The first-order chi connectivity index (χ1) is 14.7. The third kappa shape index (κ3) is 3.94. The Labute approximate surface area is 181 Å². The Bertz CT molecular complexity index is 1080. The predicted octanol–water partition coefficient (Wildman–Crippen LogP) is 1.90. The summed E-state index contributed by atoms with van der Waals surface area (Å²) in [5.74, 6) is -3.28. The fraction of sp³-hybridized carbons (Fsp3) is 0.350. The van der Waals surface area contributed by atoms with Crippen molar-refractivity contribution < 1.29 is 29.0 Å². The number of ketones is 1. The summed E-state index contributed by atoms with van der Waals surface area (Å²) in [5, 5.41) is 21.6. The van der Waals surface area contributed by atoms with Crippen LogP contribution in [-0.4, -0.2) is 57.4 Å². The average Bonchev–Trinajstić information content (AvgIpc) is 3.40. The molecule has 0 radical (unpaired) electrons. The van der Waals surface area contributed by atoms with E-state index in [1.165, 1.54) is 23.4 Å². The van der Waals surface area contributed by atoms with Gasteiger partial charge in [0, 0.05) is 18.2 Å². The molecule has 4 rings (SSSR count). The van der Waals surface area contributed by atoms with E-state index in [0.717, 1.165) is 11.3 Å². The number of ether oxygens (including phenoxy) is 2. The van der Waals surface area contributed by atoms with E-state index in [0.29, 0.717) is 5.69 Å². The van der Waals surface area contributed by atoms with Crippen molar-refractivity contribution in [2.24, 2.45) is 0 Å². The quantitative estimate of drug-likeness (QED) is 0.415. The van der Waals surface area contributed by atoms with Crippen LogP contribution in [0.4, 0.5) is 10.8 Å². The molecule has 2 atom stereocenters. The van der Waals surface area contributed by atoms with Crippen LogP contribution >= 0.6 is 11.3 Å². The highest BCUT2D eigenvalue weighted by molar-refractivity contribution is 7.13. The molecule has 0 aliphatic carbocycles. The Morgan fingerprint density at radius 3 is 2.74 bits per heavy atom. The summed E-state index contributed by atoms with van der Waals surface area (Å²) < 4.78 is 11.6. The van der Waals surface area contributed by atoms with Gasteiger partial charge in [0.2, 0.25) is 11.0 Å². The zero-order valence-corrected chi connectivity index (χ0v) is 17.8. The van der Waals surface area contributed by atoms with Crippen LogP contribution in [0.5, 0.6) is 0 Å². The number of nitrogens with zero attached hydrogens (tertiary/aromatic N) is 3.